The fourth-order valence-electron chi connectivity index (χ4n) is 3.90. The first-order valence-corrected chi connectivity index (χ1v) is 12.6. The first kappa shape index (κ1) is 24.0. The second kappa shape index (κ2) is 9.86. The lowest BCUT2D eigenvalue weighted by Gasteiger charge is -2.26. The molecule has 0 aliphatic heterocycles. The van der Waals surface area contributed by atoms with Crippen molar-refractivity contribution in [3.05, 3.63) is 66.1 Å². The van der Waals surface area contributed by atoms with Crippen molar-refractivity contribution < 1.29 is 17.6 Å². The Labute approximate surface area is 189 Å². The predicted molar refractivity (Wildman–Crippen MR) is 125 cm³/mol. The maximum absolute atomic E-state index is 14.1. The van der Waals surface area contributed by atoms with Gasteiger partial charge in [0.15, 0.2) is 9.84 Å². The number of hydrogen-bond acceptors (Lipinski definition) is 3. The summed E-state index contributed by atoms with van der Waals surface area (Å²) in [6.07, 6.45) is 1.52. The standard InChI is InChI=1S/C25H31FN2O3S/c1-18(2)13-28(14-19(3)4)25(29)16-27-15-24(21-10-6-8-12-23(21)27)32(30,31)17-20-9-5-7-11-22(20)26/h5-12,15,18-19H,13-14,16-17H2,1-4H3. The molecule has 172 valence electrons. The minimum Gasteiger partial charge on any atom is -0.341 e. The van der Waals surface area contributed by atoms with Crippen molar-refractivity contribution in [3.63, 3.8) is 0 Å². The van der Waals surface area contributed by atoms with Gasteiger partial charge in [-0.15, -0.1) is 0 Å². The molecule has 0 saturated carbocycles. The van der Waals surface area contributed by atoms with Crippen LogP contribution in [-0.4, -0.2) is 36.9 Å². The molecule has 0 bridgehead atoms. The van der Waals surface area contributed by atoms with Gasteiger partial charge in [0.05, 0.1) is 10.6 Å². The van der Waals surface area contributed by atoms with Crippen LogP contribution in [0.5, 0.6) is 0 Å². The summed E-state index contributed by atoms with van der Waals surface area (Å²) in [7, 11) is -3.82. The molecule has 3 aromatic rings. The molecule has 0 unspecified atom stereocenters. The van der Waals surface area contributed by atoms with Crippen LogP contribution in [-0.2, 0) is 26.9 Å². The summed E-state index contributed by atoms with van der Waals surface area (Å²) < 4.78 is 42.2. The zero-order valence-electron chi connectivity index (χ0n) is 19.1. The molecule has 0 fully saturated rings. The molecule has 1 aromatic heterocycles. The van der Waals surface area contributed by atoms with Crippen LogP contribution in [0.2, 0.25) is 0 Å². The van der Waals surface area contributed by atoms with Crippen molar-refractivity contribution in [2.75, 3.05) is 13.1 Å². The van der Waals surface area contributed by atoms with Crippen LogP contribution in [0.4, 0.5) is 4.39 Å². The van der Waals surface area contributed by atoms with Gasteiger partial charge in [-0.2, -0.15) is 0 Å². The maximum atomic E-state index is 14.1. The topological polar surface area (TPSA) is 59.4 Å². The molecule has 1 amide bonds. The highest BCUT2D eigenvalue weighted by Crippen LogP contribution is 2.28. The second-order valence-electron chi connectivity index (χ2n) is 9.08. The van der Waals surface area contributed by atoms with Gasteiger partial charge in [-0.3, -0.25) is 4.79 Å². The number of rotatable bonds is 9. The van der Waals surface area contributed by atoms with Gasteiger partial charge < -0.3 is 9.47 Å². The normalized spacial score (nSPS) is 12.1. The van der Waals surface area contributed by atoms with E-state index in [4.69, 9.17) is 0 Å². The van der Waals surface area contributed by atoms with Gasteiger partial charge >= 0.3 is 0 Å². The number of aromatic nitrogens is 1. The lowest BCUT2D eigenvalue weighted by Crippen LogP contribution is -2.38. The van der Waals surface area contributed by atoms with Gasteiger partial charge in [0, 0.05) is 35.8 Å². The highest BCUT2D eigenvalue weighted by Gasteiger charge is 2.24. The number of carbonyl (C=O) groups excluding carboxylic acids is 1. The van der Waals surface area contributed by atoms with Crippen molar-refractivity contribution >= 4 is 26.6 Å². The lowest BCUT2D eigenvalue weighted by atomic mass is 10.1. The van der Waals surface area contributed by atoms with E-state index >= 15 is 0 Å². The summed E-state index contributed by atoms with van der Waals surface area (Å²) in [5.74, 6) is -0.375. The Morgan fingerprint density at radius 2 is 1.56 bits per heavy atom. The molecule has 0 spiro atoms. The van der Waals surface area contributed by atoms with Gasteiger partial charge in [-0.05, 0) is 24.0 Å². The summed E-state index contributed by atoms with van der Waals surface area (Å²) in [6.45, 7) is 9.62. The Balaban J connectivity index is 1.96. The van der Waals surface area contributed by atoms with Crippen molar-refractivity contribution in [1.82, 2.24) is 9.47 Å². The van der Waals surface area contributed by atoms with Gasteiger partial charge in [0.1, 0.15) is 12.4 Å². The number of hydrogen-bond donors (Lipinski definition) is 0. The molecule has 0 aliphatic rings. The Kier molecular flexibility index (Phi) is 7.39. The van der Waals surface area contributed by atoms with Gasteiger partial charge in [-0.25, -0.2) is 12.8 Å². The molecule has 0 N–H and O–H groups in total. The van der Waals surface area contributed by atoms with Crippen LogP contribution in [0.3, 0.4) is 0 Å². The quantitative estimate of drug-likeness (QED) is 0.458. The van der Waals surface area contributed by atoms with Crippen LogP contribution in [0.25, 0.3) is 10.9 Å². The first-order valence-electron chi connectivity index (χ1n) is 10.9. The van der Waals surface area contributed by atoms with Gasteiger partial charge in [0.25, 0.3) is 0 Å². The Bertz CT molecular complexity index is 1190. The number of nitrogens with zero attached hydrogens (tertiary/aromatic N) is 2. The van der Waals surface area contributed by atoms with Crippen molar-refractivity contribution in [3.8, 4) is 0 Å². The van der Waals surface area contributed by atoms with Crippen LogP contribution in [0, 0.1) is 17.7 Å². The van der Waals surface area contributed by atoms with Crippen molar-refractivity contribution in [2.24, 2.45) is 11.8 Å². The number of amides is 1. The third-order valence-electron chi connectivity index (χ3n) is 5.22. The lowest BCUT2D eigenvalue weighted by molar-refractivity contribution is -0.132. The van der Waals surface area contributed by atoms with E-state index < -0.39 is 21.4 Å². The second-order valence-corrected chi connectivity index (χ2v) is 11.0. The summed E-state index contributed by atoms with van der Waals surface area (Å²) in [5, 5.41) is 0.538. The number of fused-ring (bicyclic) bond motifs is 1. The third kappa shape index (κ3) is 5.57. The number of carbonyl (C=O) groups is 1. The molecule has 0 aliphatic carbocycles. The third-order valence-corrected chi connectivity index (χ3v) is 6.91. The highest BCUT2D eigenvalue weighted by atomic mass is 32.2. The van der Waals surface area contributed by atoms with Crippen molar-refractivity contribution in [1.29, 1.82) is 0 Å². The average Bonchev–Trinajstić information content (AvgIpc) is 3.08. The van der Waals surface area contributed by atoms with Crippen LogP contribution in [0.1, 0.15) is 33.3 Å². The molecule has 7 heteroatoms. The van der Waals surface area contributed by atoms with E-state index in [1.165, 1.54) is 24.4 Å². The summed E-state index contributed by atoms with van der Waals surface area (Å²) in [5.41, 5.74) is 0.794. The van der Waals surface area contributed by atoms with Crippen LogP contribution >= 0.6 is 0 Å². The Morgan fingerprint density at radius 1 is 0.969 bits per heavy atom. The van der Waals surface area contributed by atoms with E-state index in [0.29, 0.717) is 35.8 Å². The van der Waals surface area contributed by atoms with Gasteiger partial charge in [-0.1, -0.05) is 64.1 Å². The Hall–Kier alpha value is -2.67. The van der Waals surface area contributed by atoms with E-state index in [0.717, 1.165) is 0 Å². The largest absolute Gasteiger partial charge is 0.341 e. The van der Waals surface area contributed by atoms with Gasteiger partial charge in [0.2, 0.25) is 5.91 Å². The zero-order chi connectivity index (χ0) is 23.5. The monoisotopic (exact) mass is 458 g/mol. The van der Waals surface area contributed by atoms with E-state index in [-0.39, 0.29) is 22.9 Å². The smallest absolute Gasteiger partial charge is 0.242 e. The van der Waals surface area contributed by atoms with Crippen LogP contribution in [0.15, 0.2) is 59.6 Å². The molecule has 5 nitrogen and oxygen atoms in total. The molecular formula is C25H31FN2O3S. The number of halogens is 1. The molecule has 0 saturated heterocycles. The van der Waals surface area contributed by atoms with Crippen LogP contribution < -0.4 is 0 Å². The molecular weight excluding hydrogens is 427 g/mol. The van der Waals surface area contributed by atoms with Crippen molar-refractivity contribution in [2.45, 2.75) is 44.9 Å². The first-order chi connectivity index (χ1) is 15.1. The molecule has 3 rings (SSSR count). The molecule has 0 atom stereocenters. The Morgan fingerprint density at radius 3 is 2.19 bits per heavy atom. The zero-order valence-corrected chi connectivity index (χ0v) is 19.9. The summed E-state index contributed by atoms with van der Waals surface area (Å²) in [6, 6.07) is 13.0. The number of benzene rings is 2. The molecule has 1 heterocycles. The molecule has 2 aromatic carbocycles. The average molecular weight is 459 g/mol. The van der Waals surface area contributed by atoms with E-state index in [1.54, 1.807) is 28.8 Å². The fourth-order valence-corrected chi connectivity index (χ4v) is 5.49. The van der Waals surface area contributed by atoms with E-state index in [2.05, 4.69) is 27.7 Å². The maximum Gasteiger partial charge on any atom is 0.242 e. The minimum absolute atomic E-state index is 0.0498. The minimum atomic E-state index is -3.82. The fraction of sp³-hybridized carbons (Fsp3) is 0.400. The highest BCUT2D eigenvalue weighted by molar-refractivity contribution is 7.90. The predicted octanol–water partition coefficient (Wildman–Crippen LogP) is 4.89. The molecule has 32 heavy (non-hydrogen) atoms. The number of para-hydroxylation sites is 1. The van der Waals surface area contributed by atoms with E-state index in [9.17, 15) is 17.6 Å². The summed E-state index contributed by atoms with van der Waals surface area (Å²) in [4.78, 5) is 15.1. The molecule has 0 radical (unpaired) electrons. The SMILES string of the molecule is CC(C)CN(CC(C)C)C(=O)Cn1cc(S(=O)(=O)Cc2ccccc2F)c2ccccc21. The summed E-state index contributed by atoms with van der Waals surface area (Å²) >= 11 is 0. The number of sulfone groups is 1. The van der Waals surface area contributed by atoms with E-state index in [1.807, 2.05) is 11.0 Å².